The Kier molecular flexibility index (Phi) is 7.73. The first-order valence-corrected chi connectivity index (χ1v) is 13.6. The molecule has 1 fully saturated rings. The summed E-state index contributed by atoms with van der Waals surface area (Å²) in [6.07, 6.45) is 3.83. The lowest BCUT2D eigenvalue weighted by Gasteiger charge is -2.14. The van der Waals surface area contributed by atoms with Crippen LogP contribution in [0.2, 0.25) is 0 Å². The molecular weight excluding hydrogens is 482 g/mol. The molecule has 1 aromatic carbocycles. The number of ether oxygens (including phenoxy) is 1. The van der Waals surface area contributed by atoms with Crippen molar-refractivity contribution in [3.05, 3.63) is 42.4 Å². The Morgan fingerprint density at radius 2 is 2.06 bits per heavy atom. The topological polar surface area (TPSA) is 151 Å². The van der Waals surface area contributed by atoms with Gasteiger partial charge in [0.05, 0.1) is 29.9 Å². The lowest BCUT2D eigenvalue weighted by atomic mass is 10.1. The molecule has 1 atom stereocenters. The highest BCUT2D eigenvalue weighted by molar-refractivity contribution is 7.92. The van der Waals surface area contributed by atoms with Crippen LogP contribution in [0.25, 0.3) is 22.6 Å². The van der Waals surface area contributed by atoms with Gasteiger partial charge in [0.2, 0.25) is 16.0 Å². The molecule has 12 heteroatoms. The zero-order chi connectivity index (χ0) is 25.7. The molecule has 1 aliphatic carbocycles. The summed E-state index contributed by atoms with van der Waals surface area (Å²) < 4.78 is 31.8. The summed E-state index contributed by atoms with van der Waals surface area (Å²) in [6.45, 7) is 4.07. The number of imidazole rings is 1. The van der Waals surface area contributed by atoms with Gasteiger partial charge in [-0.2, -0.15) is 0 Å². The van der Waals surface area contributed by atoms with E-state index >= 15 is 0 Å². The van der Waals surface area contributed by atoms with Gasteiger partial charge in [-0.05, 0) is 44.4 Å². The van der Waals surface area contributed by atoms with Crippen molar-refractivity contribution in [2.24, 2.45) is 0 Å². The highest BCUT2D eigenvalue weighted by Crippen LogP contribution is 2.41. The first-order chi connectivity index (χ1) is 17.3. The highest BCUT2D eigenvalue weighted by atomic mass is 32.2. The van der Waals surface area contributed by atoms with Gasteiger partial charge in [0.1, 0.15) is 5.82 Å². The number of alkyl carbamates (subject to hydrolysis) is 1. The monoisotopic (exact) mass is 513 g/mol. The molecule has 4 N–H and O–H groups in total. The second-order valence-corrected chi connectivity index (χ2v) is 10.6. The molecule has 0 saturated heterocycles. The van der Waals surface area contributed by atoms with Gasteiger partial charge in [-0.15, -0.1) is 0 Å². The molecule has 1 aliphatic rings. The van der Waals surface area contributed by atoms with Crippen molar-refractivity contribution in [3.8, 4) is 22.6 Å². The van der Waals surface area contributed by atoms with Gasteiger partial charge in [0.25, 0.3) is 0 Å². The Labute approximate surface area is 210 Å². The number of nitrogens with zero attached hydrogens (tertiary/aromatic N) is 3. The first-order valence-electron chi connectivity index (χ1n) is 11.9. The van der Waals surface area contributed by atoms with Crippen molar-refractivity contribution in [3.63, 3.8) is 0 Å². The van der Waals surface area contributed by atoms with Crippen LogP contribution in [0.15, 0.2) is 36.5 Å². The Hall–Kier alpha value is -3.67. The number of H-pyrrole nitrogens is 1. The number of hydrogen-bond donors (Lipinski definition) is 4. The number of hydrogen-bond acceptors (Lipinski definition) is 8. The zero-order valence-corrected chi connectivity index (χ0v) is 21.4. The fourth-order valence-electron chi connectivity index (χ4n) is 3.70. The van der Waals surface area contributed by atoms with Crippen LogP contribution in [-0.4, -0.2) is 59.9 Å². The molecule has 0 radical (unpaired) electrons. The van der Waals surface area contributed by atoms with E-state index in [1.54, 1.807) is 30.5 Å². The maximum atomic E-state index is 12.3. The molecule has 2 aromatic heterocycles. The smallest absolute Gasteiger partial charge is 0.407 e. The SMILES string of the molecule is CCCS(=O)(=O)Nc1cccc(-c2nc(C3CC3)[nH]c2-c2ccnc(NC[C@H](C)NC(=O)OC)n2)c1. The van der Waals surface area contributed by atoms with Crippen LogP contribution in [0, 0.1) is 0 Å². The van der Waals surface area contributed by atoms with Gasteiger partial charge in [0.15, 0.2) is 0 Å². The Bertz CT molecular complexity index is 1320. The molecule has 0 unspecified atom stereocenters. The van der Waals surface area contributed by atoms with E-state index in [1.807, 2.05) is 19.9 Å². The summed E-state index contributed by atoms with van der Waals surface area (Å²) in [6, 6.07) is 8.80. The van der Waals surface area contributed by atoms with E-state index in [-0.39, 0.29) is 11.8 Å². The van der Waals surface area contributed by atoms with E-state index in [0.29, 0.717) is 41.9 Å². The Morgan fingerprint density at radius 3 is 2.78 bits per heavy atom. The van der Waals surface area contributed by atoms with Crippen LogP contribution in [0.1, 0.15) is 44.9 Å². The third-order valence-electron chi connectivity index (χ3n) is 5.60. The number of nitrogens with one attached hydrogen (secondary N) is 4. The number of aromatic amines is 1. The summed E-state index contributed by atoms with van der Waals surface area (Å²) in [5, 5.41) is 5.81. The van der Waals surface area contributed by atoms with Crippen LogP contribution < -0.4 is 15.4 Å². The normalized spacial score (nSPS) is 14.2. The molecule has 4 rings (SSSR count). The molecule has 3 aromatic rings. The minimum atomic E-state index is -3.41. The number of benzene rings is 1. The van der Waals surface area contributed by atoms with Crippen LogP contribution in [-0.2, 0) is 14.8 Å². The number of methoxy groups -OCH3 is 1. The molecule has 0 spiro atoms. The average Bonchev–Trinajstić information content (AvgIpc) is 3.60. The molecule has 192 valence electrons. The van der Waals surface area contributed by atoms with Crippen molar-refractivity contribution in [1.82, 2.24) is 25.3 Å². The second kappa shape index (κ2) is 10.9. The van der Waals surface area contributed by atoms with E-state index in [9.17, 15) is 13.2 Å². The third kappa shape index (κ3) is 6.51. The van der Waals surface area contributed by atoms with Crippen molar-refractivity contribution in [1.29, 1.82) is 0 Å². The summed E-state index contributed by atoms with van der Waals surface area (Å²) in [4.78, 5) is 28.6. The summed E-state index contributed by atoms with van der Waals surface area (Å²) in [5.41, 5.74) is 3.33. The molecule has 1 amide bonds. The van der Waals surface area contributed by atoms with E-state index < -0.39 is 16.1 Å². The fourth-order valence-corrected chi connectivity index (χ4v) is 4.83. The largest absolute Gasteiger partial charge is 0.453 e. The predicted molar refractivity (Wildman–Crippen MR) is 138 cm³/mol. The quantitative estimate of drug-likeness (QED) is 0.303. The maximum Gasteiger partial charge on any atom is 0.407 e. The van der Waals surface area contributed by atoms with E-state index in [1.165, 1.54) is 7.11 Å². The number of anilines is 2. The number of amides is 1. The number of carbonyl (C=O) groups excluding carboxylic acids is 1. The van der Waals surface area contributed by atoms with Crippen molar-refractivity contribution >= 4 is 27.8 Å². The molecule has 1 saturated carbocycles. The molecule has 36 heavy (non-hydrogen) atoms. The minimum Gasteiger partial charge on any atom is -0.453 e. The van der Waals surface area contributed by atoms with Crippen molar-refractivity contribution in [2.75, 3.05) is 29.4 Å². The van der Waals surface area contributed by atoms with Gasteiger partial charge in [-0.25, -0.2) is 28.2 Å². The number of sulfonamides is 1. The molecule has 11 nitrogen and oxygen atoms in total. The lowest BCUT2D eigenvalue weighted by molar-refractivity contribution is 0.168. The maximum absolute atomic E-state index is 12.3. The molecular formula is C24H31N7O4S. The molecule has 0 aliphatic heterocycles. The third-order valence-corrected chi connectivity index (χ3v) is 7.09. The standard InChI is InChI=1S/C24H31N7O4S/c1-4-12-36(33,34)31-18-7-5-6-17(13-18)20-21(30-22(29-20)16-8-9-16)19-10-11-25-23(28-19)26-14-15(2)27-24(32)35-3/h5-7,10-11,13,15-16,31H,4,8-9,12,14H2,1-3H3,(H,27,32)(H,29,30)(H,25,26,28)/t15-/m0/s1. The minimum absolute atomic E-state index is 0.0567. The van der Waals surface area contributed by atoms with Crippen molar-refractivity contribution < 1.29 is 17.9 Å². The average molecular weight is 514 g/mol. The Balaban J connectivity index is 1.61. The summed E-state index contributed by atoms with van der Waals surface area (Å²) in [5.74, 6) is 1.73. The molecule has 2 heterocycles. The van der Waals surface area contributed by atoms with Gasteiger partial charge in [0, 0.05) is 36.0 Å². The second-order valence-electron chi connectivity index (χ2n) is 8.81. The highest BCUT2D eigenvalue weighted by Gasteiger charge is 2.29. The van der Waals surface area contributed by atoms with E-state index in [4.69, 9.17) is 4.98 Å². The van der Waals surface area contributed by atoms with E-state index in [0.717, 1.165) is 29.9 Å². The number of carbonyl (C=O) groups is 1. The van der Waals surface area contributed by atoms with Gasteiger partial charge >= 0.3 is 6.09 Å². The predicted octanol–water partition coefficient (Wildman–Crippen LogP) is 3.72. The first kappa shape index (κ1) is 25.4. The van der Waals surface area contributed by atoms with E-state index in [2.05, 4.69) is 35.0 Å². The van der Waals surface area contributed by atoms with Crippen LogP contribution in [0.5, 0.6) is 0 Å². The lowest BCUT2D eigenvalue weighted by Crippen LogP contribution is -2.37. The van der Waals surface area contributed by atoms with Crippen LogP contribution in [0.3, 0.4) is 0 Å². The summed E-state index contributed by atoms with van der Waals surface area (Å²) >= 11 is 0. The van der Waals surface area contributed by atoms with Crippen LogP contribution >= 0.6 is 0 Å². The van der Waals surface area contributed by atoms with Gasteiger partial charge < -0.3 is 20.4 Å². The Morgan fingerprint density at radius 1 is 1.25 bits per heavy atom. The van der Waals surface area contributed by atoms with Gasteiger partial charge in [-0.3, -0.25) is 4.72 Å². The molecule has 0 bridgehead atoms. The number of rotatable bonds is 11. The van der Waals surface area contributed by atoms with Crippen LogP contribution in [0.4, 0.5) is 16.4 Å². The van der Waals surface area contributed by atoms with Gasteiger partial charge in [-0.1, -0.05) is 19.1 Å². The number of aromatic nitrogens is 4. The summed E-state index contributed by atoms with van der Waals surface area (Å²) in [7, 11) is -2.10. The zero-order valence-electron chi connectivity index (χ0n) is 20.5. The van der Waals surface area contributed by atoms with Crippen molar-refractivity contribution in [2.45, 2.75) is 45.1 Å². The fraction of sp³-hybridized carbons (Fsp3) is 0.417.